The minimum absolute atomic E-state index is 0.152. The van der Waals surface area contributed by atoms with E-state index in [1.807, 2.05) is 34.6 Å². The van der Waals surface area contributed by atoms with E-state index in [0.29, 0.717) is 6.47 Å². The number of hydrogen-bond acceptors (Lipinski definition) is 3. The van der Waals surface area contributed by atoms with Crippen molar-refractivity contribution < 1.29 is 9.63 Å². The van der Waals surface area contributed by atoms with Gasteiger partial charge in [-0.2, -0.15) is 0 Å². The van der Waals surface area contributed by atoms with E-state index in [4.69, 9.17) is 0 Å². The zero-order chi connectivity index (χ0) is 17.7. The van der Waals surface area contributed by atoms with E-state index >= 15 is 0 Å². The number of unbranched alkanes of at least 4 members (excludes halogenated alkanes) is 4. The summed E-state index contributed by atoms with van der Waals surface area (Å²) >= 11 is 0. The van der Waals surface area contributed by atoms with Gasteiger partial charge in [0.1, 0.15) is 0 Å². The van der Waals surface area contributed by atoms with Crippen LogP contribution >= 0.6 is 0 Å². The summed E-state index contributed by atoms with van der Waals surface area (Å²) in [5.41, 5.74) is 2.35. The lowest BCUT2D eigenvalue weighted by molar-refractivity contribution is -0.139. The van der Waals surface area contributed by atoms with Gasteiger partial charge in [-0.25, -0.2) is 0 Å². The Morgan fingerprint density at radius 1 is 0.952 bits per heavy atom. The number of hydrogen-bond donors (Lipinski definition) is 1. The Kier molecular flexibility index (Phi) is 33.3. The molecule has 0 saturated carbocycles. The second-order valence-corrected chi connectivity index (χ2v) is 6.36. The number of rotatable bonds is 6. The average molecular weight is 306 g/mol. The number of hydroxylamine groups is 1. The van der Waals surface area contributed by atoms with Crippen LogP contribution in [0.5, 0.6) is 0 Å². The second-order valence-electron chi connectivity index (χ2n) is 6.36. The van der Waals surface area contributed by atoms with E-state index in [2.05, 4.69) is 44.9 Å². The molecule has 0 aromatic rings. The molecule has 0 bridgehead atoms. The van der Waals surface area contributed by atoms with Crippen LogP contribution in [0.4, 0.5) is 0 Å². The maximum absolute atomic E-state index is 9.57. The highest BCUT2D eigenvalue weighted by Gasteiger charge is 2.07. The molecule has 0 radical (unpaired) electrons. The lowest BCUT2D eigenvalue weighted by atomic mass is 10.1. The van der Waals surface area contributed by atoms with E-state index in [-0.39, 0.29) is 5.54 Å². The molecule has 0 aromatic carbocycles. The molecule has 3 nitrogen and oxygen atoms in total. The van der Waals surface area contributed by atoms with Gasteiger partial charge in [-0.3, -0.25) is 4.79 Å². The minimum Gasteiger partial charge on any atom is -0.373 e. The van der Waals surface area contributed by atoms with Crippen molar-refractivity contribution in [3.63, 3.8) is 0 Å². The fourth-order valence-corrected chi connectivity index (χ4v) is 0.878. The molecular weight excluding hydrogens is 262 g/mol. The first-order valence-corrected chi connectivity index (χ1v) is 8.57. The van der Waals surface area contributed by atoms with Crippen molar-refractivity contribution in [2.45, 2.75) is 107 Å². The summed E-state index contributed by atoms with van der Waals surface area (Å²) in [6.45, 7) is 21.1. The van der Waals surface area contributed by atoms with Crippen molar-refractivity contribution in [3.8, 4) is 0 Å². The molecule has 0 aliphatic carbocycles. The standard InChI is InChI=1S/C7H16.C5H11NO2.C4H10.C2H6/c1-3-5-7-6-4-2;1-5(2,3)6-8-4-7;1-4(2)3;1-2/h3-7H2,1-2H3;4,6H,1-3H3;4H,1-3H3;1-2H3. The number of nitrogens with one attached hydrogen (secondary N) is 1. The molecule has 0 spiro atoms. The Bertz CT molecular complexity index is 156. The third-order valence-electron chi connectivity index (χ3n) is 1.62. The van der Waals surface area contributed by atoms with Crippen LogP contribution in [0.15, 0.2) is 0 Å². The van der Waals surface area contributed by atoms with Crippen molar-refractivity contribution in [1.29, 1.82) is 0 Å². The van der Waals surface area contributed by atoms with Gasteiger partial charge in [-0.1, -0.05) is 80.6 Å². The summed E-state index contributed by atoms with van der Waals surface area (Å²) in [5.74, 6) is 0.833. The molecule has 0 fully saturated rings. The van der Waals surface area contributed by atoms with Crippen LogP contribution in [0.2, 0.25) is 0 Å². The van der Waals surface area contributed by atoms with E-state index in [9.17, 15) is 4.79 Å². The van der Waals surface area contributed by atoms with Gasteiger partial charge in [0.05, 0.1) is 0 Å². The molecule has 0 amide bonds. The van der Waals surface area contributed by atoms with Gasteiger partial charge in [0, 0.05) is 5.54 Å². The molecule has 0 heterocycles. The second kappa shape index (κ2) is 24.4. The predicted octanol–water partition coefficient (Wildman–Crippen LogP) is 6.13. The molecule has 3 heteroatoms. The SMILES string of the molecule is CC.CC(C)(C)NOC=O.CC(C)C.CCCCCCC. The molecule has 0 saturated heterocycles. The molecule has 21 heavy (non-hydrogen) atoms. The summed E-state index contributed by atoms with van der Waals surface area (Å²) in [7, 11) is 0. The summed E-state index contributed by atoms with van der Waals surface area (Å²) in [6.07, 6.45) is 7.01. The molecule has 0 aliphatic heterocycles. The van der Waals surface area contributed by atoms with Gasteiger partial charge < -0.3 is 4.84 Å². The van der Waals surface area contributed by atoms with Gasteiger partial charge in [0.2, 0.25) is 0 Å². The van der Waals surface area contributed by atoms with Crippen molar-refractivity contribution in [2.75, 3.05) is 0 Å². The number of carbonyl (C=O) groups is 1. The summed E-state index contributed by atoms with van der Waals surface area (Å²) in [6, 6.07) is 0. The summed E-state index contributed by atoms with van der Waals surface area (Å²) in [4.78, 5) is 13.8. The monoisotopic (exact) mass is 305 g/mol. The first-order valence-electron chi connectivity index (χ1n) is 8.57. The Morgan fingerprint density at radius 3 is 1.43 bits per heavy atom. The summed E-state index contributed by atoms with van der Waals surface area (Å²) < 4.78 is 0. The lowest BCUT2D eigenvalue weighted by Gasteiger charge is -2.16. The Labute approximate surface area is 135 Å². The van der Waals surface area contributed by atoms with Crippen LogP contribution in [0, 0.1) is 5.92 Å². The van der Waals surface area contributed by atoms with Crippen LogP contribution in [0.1, 0.15) is 101 Å². The molecule has 0 aliphatic rings. The van der Waals surface area contributed by atoms with Crippen LogP contribution < -0.4 is 5.48 Å². The quantitative estimate of drug-likeness (QED) is 0.364. The van der Waals surface area contributed by atoms with Crippen molar-refractivity contribution in [1.82, 2.24) is 5.48 Å². The predicted molar refractivity (Wildman–Crippen MR) is 96.3 cm³/mol. The molecular formula is C18H43NO2. The van der Waals surface area contributed by atoms with Gasteiger partial charge in [-0.15, -0.1) is 5.48 Å². The fraction of sp³-hybridized carbons (Fsp3) is 0.944. The van der Waals surface area contributed by atoms with Gasteiger partial charge in [-0.05, 0) is 26.7 Å². The van der Waals surface area contributed by atoms with Crippen LogP contribution in [0.3, 0.4) is 0 Å². The van der Waals surface area contributed by atoms with Crippen LogP contribution in [-0.4, -0.2) is 12.0 Å². The average Bonchev–Trinajstić information content (AvgIpc) is 2.39. The zero-order valence-electron chi connectivity index (χ0n) is 16.5. The molecule has 132 valence electrons. The van der Waals surface area contributed by atoms with Gasteiger partial charge >= 0.3 is 6.47 Å². The highest BCUT2D eigenvalue weighted by atomic mass is 16.7. The largest absolute Gasteiger partial charge is 0.373 e. The van der Waals surface area contributed by atoms with Crippen LogP contribution in [-0.2, 0) is 9.63 Å². The first kappa shape index (κ1) is 28.6. The highest BCUT2D eigenvalue weighted by molar-refractivity contribution is 5.36. The lowest BCUT2D eigenvalue weighted by Crippen LogP contribution is -2.35. The van der Waals surface area contributed by atoms with Crippen molar-refractivity contribution >= 4 is 6.47 Å². The normalized spacial score (nSPS) is 9.29. The Morgan fingerprint density at radius 2 is 1.29 bits per heavy atom. The van der Waals surface area contributed by atoms with E-state index < -0.39 is 0 Å². The Hall–Kier alpha value is -0.570. The third kappa shape index (κ3) is 83.1. The van der Waals surface area contributed by atoms with Crippen molar-refractivity contribution in [3.05, 3.63) is 0 Å². The van der Waals surface area contributed by atoms with Crippen molar-refractivity contribution in [2.24, 2.45) is 5.92 Å². The van der Waals surface area contributed by atoms with Gasteiger partial charge in [0.25, 0.3) is 0 Å². The third-order valence-corrected chi connectivity index (χ3v) is 1.62. The number of carbonyl (C=O) groups excluding carboxylic acids is 1. The highest BCUT2D eigenvalue weighted by Crippen LogP contribution is 2.00. The minimum atomic E-state index is -0.152. The molecule has 0 rings (SSSR count). The fourth-order valence-electron chi connectivity index (χ4n) is 0.878. The topological polar surface area (TPSA) is 38.3 Å². The molecule has 0 atom stereocenters. The van der Waals surface area contributed by atoms with E-state index in [1.54, 1.807) is 0 Å². The Balaban J connectivity index is -0.000000102. The first-order chi connectivity index (χ1) is 9.71. The molecule has 0 aromatic heterocycles. The maximum Gasteiger partial charge on any atom is 0.312 e. The summed E-state index contributed by atoms with van der Waals surface area (Å²) in [5, 5.41) is 0. The zero-order valence-corrected chi connectivity index (χ0v) is 16.5. The molecule has 1 N–H and O–H groups in total. The smallest absolute Gasteiger partial charge is 0.312 e. The maximum atomic E-state index is 9.57. The van der Waals surface area contributed by atoms with Crippen LogP contribution in [0.25, 0.3) is 0 Å². The van der Waals surface area contributed by atoms with Gasteiger partial charge in [0.15, 0.2) is 0 Å². The molecule has 0 unspecified atom stereocenters. The van der Waals surface area contributed by atoms with E-state index in [1.165, 1.54) is 32.1 Å². The van der Waals surface area contributed by atoms with E-state index in [0.717, 1.165) is 5.92 Å².